The molecule has 1 aromatic carbocycles. The molecule has 0 aliphatic rings. The molecule has 0 bridgehead atoms. The van der Waals surface area contributed by atoms with Crippen molar-refractivity contribution in [3.8, 4) is 11.4 Å². The molecule has 0 saturated heterocycles. The van der Waals surface area contributed by atoms with E-state index in [2.05, 4.69) is 9.97 Å². The molecule has 0 aliphatic heterocycles. The summed E-state index contributed by atoms with van der Waals surface area (Å²) in [5.41, 5.74) is 0.672. The summed E-state index contributed by atoms with van der Waals surface area (Å²) in [4.78, 5) is 8.15. The van der Waals surface area contributed by atoms with Gasteiger partial charge in [-0.3, -0.25) is 0 Å². The maximum atomic E-state index is 12.4. The Morgan fingerprint density at radius 3 is 2.18 bits per heavy atom. The van der Waals surface area contributed by atoms with Crippen LogP contribution in [-0.2, 0) is 6.18 Å². The van der Waals surface area contributed by atoms with Crippen molar-refractivity contribution in [1.29, 1.82) is 0 Å². The lowest BCUT2D eigenvalue weighted by atomic mass is 10.1. The Hall–Kier alpha value is -1.91. The zero-order valence-electron chi connectivity index (χ0n) is 8.99. The molecule has 17 heavy (non-hydrogen) atoms. The van der Waals surface area contributed by atoms with E-state index in [9.17, 15) is 13.2 Å². The lowest BCUT2D eigenvalue weighted by Gasteiger charge is -2.07. The third-order valence-electron chi connectivity index (χ3n) is 2.27. The minimum atomic E-state index is -4.31. The first-order valence-corrected chi connectivity index (χ1v) is 4.94. The molecule has 0 unspecified atom stereocenters. The van der Waals surface area contributed by atoms with Gasteiger partial charge in [0.2, 0.25) is 0 Å². The fraction of sp³-hybridized carbons (Fsp3) is 0.167. The first kappa shape index (κ1) is 11.6. The lowest BCUT2D eigenvalue weighted by Crippen LogP contribution is -2.04. The maximum Gasteiger partial charge on any atom is 0.416 e. The van der Waals surface area contributed by atoms with Gasteiger partial charge in [-0.1, -0.05) is 12.1 Å². The van der Waals surface area contributed by atoms with Crippen molar-refractivity contribution in [2.75, 3.05) is 0 Å². The molecule has 5 heteroatoms. The van der Waals surface area contributed by atoms with Crippen LogP contribution in [0.25, 0.3) is 11.4 Å². The summed E-state index contributed by atoms with van der Waals surface area (Å²) in [6.45, 7) is 1.80. The Morgan fingerprint density at radius 1 is 1.00 bits per heavy atom. The van der Waals surface area contributed by atoms with Gasteiger partial charge in [-0.25, -0.2) is 9.97 Å². The van der Waals surface area contributed by atoms with Crippen molar-refractivity contribution in [3.63, 3.8) is 0 Å². The number of aromatic nitrogens is 2. The molecule has 0 N–H and O–H groups in total. The molecule has 2 nitrogen and oxygen atoms in total. The SMILES string of the molecule is Cc1ccnc(-c2ccc(C(F)(F)F)cc2)n1. The Balaban J connectivity index is 2.36. The molecule has 0 fully saturated rings. The smallest absolute Gasteiger partial charge is 0.237 e. The normalized spacial score (nSPS) is 11.5. The van der Waals surface area contributed by atoms with Gasteiger partial charge >= 0.3 is 6.18 Å². The third-order valence-corrected chi connectivity index (χ3v) is 2.27. The minimum Gasteiger partial charge on any atom is -0.237 e. The highest BCUT2D eigenvalue weighted by atomic mass is 19.4. The summed E-state index contributed by atoms with van der Waals surface area (Å²) >= 11 is 0. The van der Waals surface area contributed by atoms with E-state index in [4.69, 9.17) is 0 Å². The van der Waals surface area contributed by atoms with E-state index in [1.165, 1.54) is 12.1 Å². The number of aryl methyl sites for hydroxylation is 1. The average Bonchev–Trinajstić information content (AvgIpc) is 2.28. The topological polar surface area (TPSA) is 25.8 Å². The number of halogens is 3. The highest BCUT2D eigenvalue weighted by molar-refractivity contribution is 5.55. The second-order valence-electron chi connectivity index (χ2n) is 3.60. The van der Waals surface area contributed by atoms with Gasteiger partial charge in [0.15, 0.2) is 5.82 Å². The lowest BCUT2D eigenvalue weighted by molar-refractivity contribution is -0.137. The molecule has 0 amide bonds. The van der Waals surface area contributed by atoms with Crippen molar-refractivity contribution >= 4 is 0 Å². The highest BCUT2D eigenvalue weighted by Crippen LogP contribution is 2.30. The first-order valence-electron chi connectivity index (χ1n) is 4.94. The number of alkyl halides is 3. The quantitative estimate of drug-likeness (QED) is 0.760. The van der Waals surface area contributed by atoms with Crippen LogP contribution in [0.4, 0.5) is 13.2 Å². The van der Waals surface area contributed by atoms with Crippen LogP contribution in [0, 0.1) is 6.92 Å². The van der Waals surface area contributed by atoms with Crippen LogP contribution in [0.5, 0.6) is 0 Å². The Kier molecular flexibility index (Phi) is 2.83. The molecular formula is C12H9F3N2. The number of hydrogen-bond donors (Lipinski definition) is 0. The number of hydrogen-bond acceptors (Lipinski definition) is 2. The van der Waals surface area contributed by atoms with Gasteiger partial charge in [0.25, 0.3) is 0 Å². The zero-order chi connectivity index (χ0) is 12.5. The Bertz CT molecular complexity index is 518. The number of rotatable bonds is 1. The van der Waals surface area contributed by atoms with E-state index in [1.807, 2.05) is 0 Å². The van der Waals surface area contributed by atoms with Crippen LogP contribution < -0.4 is 0 Å². The van der Waals surface area contributed by atoms with Crippen molar-refractivity contribution in [3.05, 3.63) is 47.8 Å². The second-order valence-corrected chi connectivity index (χ2v) is 3.60. The van der Waals surface area contributed by atoms with Gasteiger partial charge in [0, 0.05) is 17.5 Å². The molecular weight excluding hydrogens is 229 g/mol. The van der Waals surface area contributed by atoms with Crippen LogP contribution in [0.15, 0.2) is 36.5 Å². The largest absolute Gasteiger partial charge is 0.416 e. The third kappa shape index (κ3) is 2.61. The van der Waals surface area contributed by atoms with Gasteiger partial charge < -0.3 is 0 Å². The van der Waals surface area contributed by atoms with E-state index < -0.39 is 11.7 Å². The molecule has 2 rings (SSSR count). The average molecular weight is 238 g/mol. The van der Waals surface area contributed by atoms with Crippen molar-refractivity contribution < 1.29 is 13.2 Å². The molecule has 0 atom stereocenters. The van der Waals surface area contributed by atoms with E-state index in [0.29, 0.717) is 11.4 Å². The van der Waals surface area contributed by atoms with Crippen molar-refractivity contribution in [2.45, 2.75) is 13.1 Å². The van der Waals surface area contributed by atoms with Crippen LogP contribution in [-0.4, -0.2) is 9.97 Å². The standard InChI is InChI=1S/C12H9F3N2/c1-8-6-7-16-11(17-8)9-2-4-10(5-3-9)12(13,14)15/h2-7H,1H3. The molecule has 1 aromatic heterocycles. The second kappa shape index (κ2) is 4.16. The molecule has 1 heterocycles. The minimum absolute atomic E-state index is 0.429. The van der Waals surface area contributed by atoms with Crippen LogP contribution in [0.3, 0.4) is 0 Å². The van der Waals surface area contributed by atoms with Gasteiger partial charge in [-0.2, -0.15) is 13.2 Å². The van der Waals surface area contributed by atoms with E-state index in [1.54, 1.807) is 19.2 Å². The summed E-state index contributed by atoms with van der Waals surface area (Å²) in [5.74, 6) is 0.429. The fourth-order valence-corrected chi connectivity index (χ4v) is 1.40. The van der Waals surface area contributed by atoms with Crippen LogP contribution in [0.1, 0.15) is 11.3 Å². The maximum absolute atomic E-state index is 12.4. The van der Waals surface area contributed by atoms with Gasteiger partial charge in [0.05, 0.1) is 5.56 Å². The molecule has 0 radical (unpaired) electrons. The summed E-state index contributed by atoms with van der Waals surface area (Å²) in [5, 5.41) is 0. The predicted octanol–water partition coefficient (Wildman–Crippen LogP) is 3.47. The molecule has 0 aliphatic carbocycles. The molecule has 0 saturated carbocycles. The van der Waals surface area contributed by atoms with Gasteiger partial charge in [-0.05, 0) is 25.1 Å². The first-order chi connectivity index (χ1) is 7.97. The van der Waals surface area contributed by atoms with E-state index in [-0.39, 0.29) is 0 Å². The van der Waals surface area contributed by atoms with E-state index in [0.717, 1.165) is 17.8 Å². The monoisotopic (exact) mass is 238 g/mol. The molecule has 2 aromatic rings. The van der Waals surface area contributed by atoms with Crippen molar-refractivity contribution in [2.24, 2.45) is 0 Å². The predicted molar refractivity (Wildman–Crippen MR) is 57.2 cm³/mol. The Morgan fingerprint density at radius 2 is 1.65 bits per heavy atom. The summed E-state index contributed by atoms with van der Waals surface area (Å²) in [6, 6.07) is 6.53. The van der Waals surface area contributed by atoms with Crippen molar-refractivity contribution in [1.82, 2.24) is 9.97 Å². The van der Waals surface area contributed by atoms with Gasteiger partial charge in [-0.15, -0.1) is 0 Å². The summed E-state index contributed by atoms with van der Waals surface area (Å²) in [7, 11) is 0. The van der Waals surface area contributed by atoms with Crippen LogP contribution in [0.2, 0.25) is 0 Å². The zero-order valence-corrected chi connectivity index (χ0v) is 8.99. The van der Waals surface area contributed by atoms with Gasteiger partial charge in [0.1, 0.15) is 0 Å². The fourth-order valence-electron chi connectivity index (χ4n) is 1.40. The Labute approximate surface area is 96.2 Å². The molecule has 88 valence electrons. The number of benzene rings is 1. The van der Waals surface area contributed by atoms with Crippen LogP contribution >= 0.6 is 0 Å². The van der Waals surface area contributed by atoms with E-state index >= 15 is 0 Å². The highest BCUT2D eigenvalue weighted by Gasteiger charge is 2.30. The summed E-state index contributed by atoms with van der Waals surface area (Å²) < 4.78 is 37.1. The summed E-state index contributed by atoms with van der Waals surface area (Å²) in [6.07, 6.45) is -2.73. The number of nitrogens with zero attached hydrogens (tertiary/aromatic N) is 2. The molecule has 0 spiro atoms.